The van der Waals surface area contributed by atoms with Crippen LogP contribution in [-0.2, 0) is 9.59 Å². The van der Waals surface area contributed by atoms with E-state index in [2.05, 4.69) is 37.9 Å². The van der Waals surface area contributed by atoms with E-state index in [1.165, 1.54) is 24.1 Å². The van der Waals surface area contributed by atoms with E-state index in [-0.39, 0.29) is 23.1 Å². The summed E-state index contributed by atoms with van der Waals surface area (Å²) in [5.74, 6) is -0.0959. The number of fused-ring (bicyclic) bond motifs is 1. The Hall–Kier alpha value is -3.40. The number of benzene rings is 1. The Bertz CT molecular complexity index is 1150. The maximum absolute atomic E-state index is 12.8. The SMILES string of the molecule is C=CC(=O)N1CCCCC(n2c(NC(=O)/C(C=N)=C/C(C)=N)nc3cccc(Br)c32)=N1. The van der Waals surface area contributed by atoms with E-state index in [0.717, 1.165) is 23.5 Å². The number of aromatic nitrogens is 2. The summed E-state index contributed by atoms with van der Waals surface area (Å²) in [7, 11) is 0. The molecule has 0 fully saturated rings. The highest BCUT2D eigenvalue weighted by Gasteiger charge is 2.23. The largest absolute Gasteiger partial charge is 0.308 e. The molecule has 0 saturated heterocycles. The minimum Gasteiger partial charge on any atom is -0.308 e. The lowest BCUT2D eigenvalue weighted by Gasteiger charge is -2.16. The topological polar surface area (TPSA) is 127 Å². The average Bonchev–Trinajstić information content (AvgIpc) is 2.93. The van der Waals surface area contributed by atoms with Gasteiger partial charge in [0.15, 0.2) is 0 Å². The predicted molar refractivity (Wildman–Crippen MR) is 125 cm³/mol. The van der Waals surface area contributed by atoms with Crippen LogP contribution in [0.4, 0.5) is 5.95 Å². The lowest BCUT2D eigenvalue weighted by atomic mass is 10.2. The van der Waals surface area contributed by atoms with Crippen LogP contribution >= 0.6 is 15.9 Å². The summed E-state index contributed by atoms with van der Waals surface area (Å²) in [5.41, 5.74) is 1.50. The maximum Gasteiger partial charge on any atom is 0.266 e. The Kier molecular flexibility index (Phi) is 6.91. The Morgan fingerprint density at radius 3 is 2.77 bits per heavy atom. The average molecular weight is 484 g/mol. The molecule has 0 atom stereocenters. The number of nitrogens with one attached hydrogen (secondary N) is 3. The Labute approximate surface area is 187 Å². The van der Waals surface area contributed by atoms with Crippen LogP contribution in [0, 0.1) is 10.8 Å². The number of nitrogens with zero attached hydrogens (tertiary/aromatic N) is 4. The second kappa shape index (κ2) is 9.61. The third-order valence-electron chi connectivity index (χ3n) is 4.59. The van der Waals surface area contributed by atoms with Gasteiger partial charge in [0, 0.05) is 29.4 Å². The van der Waals surface area contributed by atoms with E-state index in [0.29, 0.717) is 29.8 Å². The molecular weight excluding hydrogens is 462 g/mol. The molecule has 2 amide bonds. The van der Waals surface area contributed by atoms with Crippen LogP contribution in [0.1, 0.15) is 26.2 Å². The number of hydrazone groups is 1. The molecule has 0 spiro atoms. The molecule has 0 radical (unpaired) electrons. The second-order valence-corrected chi connectivity index (χ2v) is 7.75. The number of hydrogen-bond acceptors (Lipinski definition) is 6. The van der Waals surface area contributed by atoms with Crippen molar-refractivity contribution in [3.63, 3.8) is 0 Å². The van der Waals surface area contributed by atoms with Crippen molar-refractivity contribution in [1.29, 1.82) is 10.8 Å². The fourth-order valence-electron chi connectivity index (χ4n) is 3.21. The molecule has 1 aromatic heterocycles. The van der Waals surface area contributed by atoms with Crippen molar-refractivity contribution >= 4 is 62.5 Å². The number of carbonyl (C=O) groups excluding carboxylic acids is 2. The van der Waals surface area contributed by atoms with Crippen molar-refractivity contribution in [2.45, 2.75) is 26.2 Å². The molecule has 0 saturated carbocycles. The molecule has 9 nitrogen and oxygen atoms in total. The molecule has 1 aliphatic rings. The van der Waals surface area contributed by atoms with Gasteiger partial charge in [0.2, 0.25) is 5.95 Å². The molecule has 0 aliphatic carbocycles. The van der Waals surface area contributed by atoms with Crippen molar-refractivity contribution in [3.8, 4) is 0 Å². The van der Waals surface area contributed by atoms with E-state index < -0.39 is 5.91 Å². The summed E-state index contributed by atoms with van der Waals surface area (Å²) in [6, 6.07) is 5.50. The molecule has 2 heterocycles. The van der Waals surface area contributed by atoms with Crippen molar-refractivity contribution in [1.82, 2.24) is 14.6 Å². The Morgan fingerprint density at radius 1 is 1.32 bits per heavy atom. The van der Waals surface area contributed by atoms with Crippen molar-refractivity contribution in [2.75, 3.05) is 11.9 Å². The molecule has 1 aliphatic heterocycles. The lowest BCUT2D eigenvalue weighted by Crippen LogP contribution is -2.27. The number of anilines is 1. The van der Waals surface area contributed by atoms with E-state index in [9.17, 15) is 9.59 Å². The monoisotopic (exact) mass is 483 g/mol. The maximum atomic E-state index is 12.8. The minimum absolute atomic E-state index is 0.0245. The molecule has 3 N–H and O–H groups in total. The predicted octanol–water partition coefficient (Wildman–Crippen LogP) is 3.71. The first-order valence-corrected chi connectivity index (χ1v) is 10.4. The molecule has 160 valence electrons. The van der Waals surface area contributed by atoms with E-state index in [1.807, 2.05) is 18.2 Å². The van der Waals surface area contributed by atoms with Crippen LogP contribution in [-0.4, -0.2) is 50.7 Å². The van der Waals surface area contributed by atoms with Gasteiger partial charge in [-0.2, -0.15) is 5.10 Å². The summed E-state index contributed by atoms with van der Waals surface area (Å²) in [6.45, 7) is 5.54. The standard InChI is InChI=1S/C21H22BrN7O2/c1-3-18(30)28-10-5-4-9-17(27-28)29-19-15(22)7-6-8-16(19)25-21(29)26-20(31)14(12-23)11-13(2)24/h3,6-8,11-12,23-24H,1,4-5,9-10H2,2H3,(H,25,26,31)/b14-11+,23-12?,24-13?. The molecule has 1 aromatic carbocycles. The summed E-state index contributed by atoms with van der Waals surface area (Å²) in [4.78, 5) is 29.5. The smallest absolute Gasteiger partial charge is 0.266 e. The normalized spacial score (nSPS) is 14.6. The highest BCUT2D eigenvalue weighted by atomic mass is 79.9. The van der Waals surface area contributed by atoms with Gasteiger partial charge in [0.05, 0.1) is 16.6 Å². The molecule has 2 aromatic rings. The number of carbonyl (C=O) groups is 2. The summed E-state index contributed by atoms with van der Waals surface area (Å²) in [5, 5.41) is 23.7. The first-order valence-electron chi connectivity index (χ1n) is 9.63. The number of allylic oxidation sites excluding steroid dienone is 1. The third kappa shape index (κ3) is 4.85. The molecule has 0 unspecified atom stereocenters. The first kappa shape index (κ1) is 22.3. The minimum atomic E-state index is -0.567. The quantitative estimate of drug-likeness (QED) is 0.442. The number of amides is 2. The molecular formula is C21H22BrN7O2. The van der Waals surface area contributed by atoms with Gasteiger partial charge < -0.3 is 10.8 Å². The van der Waals surface area contributed by atoms with Crippen LogP contribution in [0.15, 0.2) is 52.1 Å². The van der Waals surface area contributed by atoms with Crippen molar-refractivity contribution in [3.05, 3.63) is 47.0 Å². The zero-order valence-electron chi connectivity index (χ0n) is 17.0. The van der Waals surface area contributed by atoms with Crippen LogP contribution in [0.5, 0.6) is 0 Å². The van der Waals surface area contributed by atoms with Gasteiger partial charge in [-0.05, 0) is 60.0 Å². The molecule has 3 rings (SSSR count). The van der Waals surface area contributed by atoms with Gasteiger partial charge in [-0.3, -0.25) is 19.5 Å². The summed E-state index contributed by atoms with van der Waals surface area (Å²) in [6.07, 6.45) is 5.57. The molecule has 0 bridgehead atoms. The second-order valence-electron chi connectivity index (χ2n) is 6.90. The summed E-state index contributed by atoms with van der Waals surface area (Å²) >= 11 is 3.55. The fraction of sp³-hybridized carbons (Fsp3) is 0.238. The molecule has 31 heavy (non-hydrogen) atoms. The number of halogens is 1. The number of para-hydroxylation sites is 1. The van der Waals surface area contributed by atoms with Gasteiger partial charge >= 0.3 is 0 Å². The highest BCUT2D eigenvalue weighted by molar-refractivity contribution is 9.10. The number of rotatable bonds is 5. The van der Waals surface area contributed by atoms with E-state index >= 15 is 0 Å². The molecule has 10 heteroatoms. The van der Waals surface area contributed by atoms with Crippen LogP contribution in [0.2, 0.25) is 0 Å². The van der Waals surface area contributed by atoms with E-state index in [4.69, 9.17) is 10.8 Å². The fourth-order valence-corrected chi connectivity index (χ4v) is 3.74. The summed E-state index contributed by atoms with van der Waals surface area (Å²) < 4.78 is 2.47. The van der Waals surface area contributed by atoms with Gasteiger partial charge in [-0.1, -0.05) is 12.6 Å². The van der Waals surface area contributed by atoms with Crippen molar-refractivity contribution in [2.24, 2.45) is 5.10 Å². The Morgan fingerprint density at radius 2 is 2.10 bits per heavy atom. The van der Waals surface area contributed by atoms with Crippen molar-refractivity contribution < 1.29 is 9.59 Å². The number of hydrogen-bond donors (Lipinski definition) is 3. The zero-order chi connectivity index (χ0) is 22.5. The van der Waals surface area contributed by atoms with Gasteiger partial charge in [0.1, 0.15) is 5.84 Å². The highest BCUT2D eigenvalue weighted by Crippen LogP contribution is 2.29. The van der Waals surface area contributed by atoms with Crippen LogP contribution in [0.25, 0.3) is 11.0 Å². The first-order chi connectivity index (χ1) is 14.8. The lowest BCUT2D eigenvalue weighted by molar-refractivity contribution is -0.126. The third-order valence-corrected chi connectivity index (χ3v) is 5.23. The van der Waals surface area contributed by atoms with E-state index in [1.54, 1.807) is 4.57 Å². The Balaban J connectivity index is 2.15. The van der Waals surface area contributed by atoms with Gasteiger partial charge in [-0.25, -0.2) is 9.99 Å². The van der Waals surface area contributed by atoms with Gasteiger partial charge in [-0.15, -0.1) is 0 Å². The van der Waals surface area contributed by atoms with Gasteiger partial charge in [0.25, 0.3) is 11.8 Å². The van der Waals surface area contributed by atoms with Crippen LogP contribution < -0.4 is 5.32 Å². The zero-order valence-corrected chi connectivity index (χ0v) is 18.6. The van der Waals surface area contributed by atoms with Crippen LogP contribution in [0.3, 0.4) is 0 Å². The number of imidazole rings is 1.